The van der Waals surface area contributed by atoms with Crippen molar-refractivity contribution in [3.63, 3.8) is 0 Å². The molecule has 0 aromatic carbocycles. The maximum absolute atomic E-state index is 12.2. The third-order valence-corrected chi connectivity index (χ3v) is 9.63. The van der Waals surface area contributed by atoms with Gasteiger partial charge in [-0.2, -0.15) is 8.42 Å². The van der Waals surface area contributed by atoms with Crippen LogP contribution in [0.2, 0.25) is 0 Å². The van der Waals surface area contributed by atoms with Gasteiger partial charge in [-0.1, -0.05) is 0 Å². The molecule has 2 amide bonds. The zero-order valence-electron chi connectivity index (χ0n) is 29.0. The smallest absolute Gasteiger partial charge is 0.394 e. The van der Waals surface area contributed by atoms with Crippen LogP contribution in [0.1, 0.15) is 13.8 Å². The Morgan fingerprint density at radius 2 is 1.04 bits per heavy atom. The first-order valence-corrected chi connectivity index (χ1v) is 18.1. The van der Waals surface area contributed by atoms with Crippen molar-refractivity contribution in [2.75, 3.05) is 26.4 Å². The van der Waals surface area contributed by atoms with Crippen molar-refractivity contribution in [3.8, 4) is 0 Å². The van der Waals surface area contributed by atoms with Crippen LogP contribution in [0, 0.1) is 0 Å². The van der Waals surface area contributed by atoms with E-state index in [0.717, 1.165) is 13.8 Å². The Hall–Kier alpha value is -1.91. The fourth-order valence-electron chi connectivity index (χ4n) is 6.39. The molecule has 0 bridgehead atoms. The molecule has 4 rings (SSSR count). The van der Waals surface area contributed by atoms with Crippen LogP contribution in [-0.4, -0.2) is 230 Å². The number of nitrogens with one attached hydrogen (secondary N) is 2. The lowest BCUT2D eigenvalue weighted by Gasteiger charge is -2.48. The van der Waals surface area contributed by atoms with Crippen LogP contribution in [0.25, 0.3) is 0 Å². The summed E-state index contributed by atoms with van der Waals surface area (Å²) in [6, 6.07) is -3.26. The normalized spacial score (nSPS) is 45.5. The number of aliphatic hydroxyl groups excluding tert-OH is 11. The van der Waals surface area contributed by atoms with Gasteiger partial charge in [0.25, 0.3) is 0 Å². The molecule has 0 spiro atoms. The molecule has 14 N–H and O–H groups in total. The van der Waals surface area contributed by atoms with Gasteiger partial charge in [0.05, 0.1) is 26.4 Å². The highest BCUT2D eigenvalue weighted by Crippen LogP contribution is 2.32. The van der Waals surface area contributed by atoms with Crippen LogP contribution < -0.4 is 10.6 Å². The van der Waals surface area contributed by atoms with E-state index in [1.54, 1.807) is 0 Å². The first-order chi connectivity index (χ1) is 25.7. The number of aliphatic hydroxyl groups is 11. The Kier molecular flexibility index (Phi) is 16.0. The molecule has 4 saturated heterocycles. The SMILES string of the molecule is CC(=O)N[C@@H]1[C@@H](O[C@@H]2O[C@H](CO)[C@H](O)[C@H](O)[C@H]2O)[C@@H](O)[C@@H](CO[C@@H]2O[C@H](COS(=O)(=O)O)[C@@H](O[C@@H]3O[C@H](CO)[C@H](O)[C@H](O)[C@H]3O)[C@H](O)[C@H]2NC(C)=O)O[C@@H]1O. The molecule has 4 aliphatic rings. The Morgan fingerprint density at radius 3 is 1.51 bits per heavy atom. The maximum atomic E-state index is 12.2. The van der Waals surface area contributed by atoms with Gasteiger partial charge in [-0.25, -0.2) is 4.18 Å². The van der Waals surface area contributed by atoms with E-state index in [1.807, 2.05) is 0 Å². The summed E-state index contributed by atoms with van der Waals surface area (Å²) in [6.07, 6.45) is -33.1. The average molecular weight is 829 g/mol. The molecule has 320 valence electrons. The van der Waals surface area contributed by atoms with E-state index in [1.165, 1.54) is 0 Å². The van der Waals surface area contributed by atoms with Gasteiger partial charge in [0.2, 0.25) is 11.8 Å². The van der Waals surface area contributed by atoms with Gasteiger partial charge in [0.1, 0.15) is 97.5 Å². The highest BCUT2D eigenvalue weighted by atomic mass is 32.3. The lowest BCUT2D eigenvalue weighted by atomic mass is 9.94. The summed E-state index contributed by atoms with van der Waals surface area (Å²) < 4.78 is 75.4. The molecule has 26 nitrogen and oxygen atoms in total. The van der Waals surface area contributed by atoms with Crippen LogP contribution in [-0.2, 0) is 57.3 Å². The number of amides is 2. The van der Waals surface area contributed by atoms with Crippen molar-refractivity contribution >= 4 is 22.2 Å². The molecule has 0 saturated carbocycles. The largest absolute Gasteiger partial charge is 0.397 e. The van der Waals surface area contributed by atoms with E-state index in [2.05, 4.69) is 14.8 Å². The number of carbonyl (C=O) groups excluding carboxylic acids is 2. The Labute approximate surface area is 311 Å². The fraction of sp³-hybridized carbons (Fsp3) is 0.929. The van der Waals surface area contributed by atoms with Crippen molar-refractivity contribution < 1.29 is 116 Å². The summed E-state index contributed by atoms with van der Waals surface area (Å²) in [4.78, 5) is 24.2. The first kappa shape index (κ1) is 45.8. The molecular formula is C28H48N2O24S. The minimum absolute atomic E-state index is 0.752. The Morgan fingerprint density at radius 1 is 0.564 bits per heavy atom. The summed E-state index contributed by atoms with van der Waals surface area (Å²) in [5, 5.41) is 119. The molecule has 27 heteroatoms. The van der Waals surface area contributed by atoms with E-state index < -0.39 is 171 Å². The third kappa shape index (κ3) is 11.0. The van der Waals surface area contributed by atoms with Gasteiger partial charge < -0.3 is 100.0 Å². The van der Waals surface area contributed by atoms with Gasteiger partial charge in [-0.3, -0.25) is 14.1 Å². The first-order valence-electron chi connectivity index (χ1n) is 16.7. The predicted octanol–water partition coefficient (Wildman–Crippen LogP) is -9.63. The highest BCUT2D eigenvalue weighted by Gasteiger charge is 2.54. The number of rotatable bonds is 14. The monoisotopic (exact) mass is 828 g/mol. The average Bonchev–Trinajstić information content (AvgIpc) is 3.11. The van der Waals surface area contributed by atoms with Crippen LogP contribution in [0.5, 0.6) is 0 Å². The summed E-state index contributed by atoms with van der Waals surface area (Å²) >= 11 is 0. The van der Waals surface area contributed by atoms with E-state index in [4.69, 9.17) is 33.2 Å². The quantitative estimate of drug-likeness (QED) is 0.0723. The predicted molar refractivity (Wildman–Crippen MR) is 167 cm³/mol. The minimum Gasteiger partial charge on any atom is -0.394 e. The Balaban J connectivity index is 1.58. The Bertz CT molecular complexity index is 1380. The van der Waals surface area contributed by atoms with Gasteiger partial charge in [-0.15, -0.1) is 0 Å². The number of hydrogen-bond acceptors (Lipinski definition) is 23. The molecular weight excluding hydrogens is 780 g/mol. The maximum Gasteiger partial charge on any atom is 0.397 e. The molecule has 0 aromatic rings. The molecule has 0 aromatic heterocycles. The van der Waals surface area contributed by atoms with Crippen molar-refractivity contribution in [1.29, 1.82) is 0 Å². The molecule has 55 heavy (non-hydrogen) atoms. The zero-order valence-corrected chi connectivity index (χ0v) is 29.9. The van der Waals surface area contributed by atoms with Crippen LogP contribution in [0.3, 0.4) is 0 Å². The van der Waals surface area contributed by atoms with Crippen LogP contribution in [0.4, 0.5) is 0 Å². The molecule has 0 unspecified atom stereocenters. The van der Waals surface area contributed by atoms with E-state index in [-0.39, 0.29) is 0 Å². The van der Waals surface area contributed by atoms with Crippen molar-refractivity contribution in [2.24, 2.45) is 0 Å². The molecule has 4 fully saturated rings. The van der Waals surface area contributed by atoms with Crippen molar-refractivity contribution in [2.45, 2.75) is 137 Å². The van der Waals surface area contributed by atoms with E-state index >= 15 is 0 Å². The van der Waals surface area contributed by atoms with Gasteiger partial charge in [0, 0.05) is 13.8 Å². The molecule has 4 heterocycles. The third-order valence-electron chi connectivity index (χ3n) is 9.19. The summed E-state index contributed by atoms with van der Waals surface area (Å²) in [5.41, 5.74) is 0. The number of ether oxygens (including phenoxy) is 7. The van der Waals surface area contributed by atoms with Gasteiger partial charge >= 0.3 is 10.4 Å². The zero-order chi connectivity index (χ0) is 41.1. The summed E-state index contributed by atoms with van der Waals surface area (Å²) in [6.45, 7) is -1.64. The molecule has 4 aliphatic heterocycles. The standard InChI is InChI=1S/C28H48N2O24S/c1-7(33)29-13-18(38)23(53-27-21(41)19(39)15(35)9(3-31)50-27)12(6-48-55(44,45)46)52-26(13)47-5-11-17(37)24(14(25(43)49-11)30-8(2)34)54-28-22(42)20(40)16(36)10(4-32)51-28/h9-28,31-32,35-43H,3-6H2,1-2H3,(H,29,33)(H,30,34)(H,44,45,46)/t9-,10-,11-,12-,13-,14-,15+,16+,17+,18-,19+,20+,21-,22-,23-,24-,25+,26-,27+,28+/m1/s1. The lowest BCUT2D eigenvalue weighted by Crippen LogP contribution is -2.69. The lowest BCUT2D eigenvalue weighted by molar-refractivity contribution is -0.355. The molecule has 0 radical (unpaired) electrons. The summed E-state index contributed by atoms with van der Waals surface area (Å²) in [5.74, 6) is -1.56. The summed E-state index contributed by atoms with van der Waals surface area (Å²) in [7, 11) is -5.19. The molecule has 0 aliphatic carbocycles. The van der Waals surface area contributed by atoms with Gasteiger partial charge in [-0.05, 0) is 0 Å². The van der Waals surface area contributed by atoms with Crippen molar-refractivity contribution in [1.82, 2.24) is 10.6 Å². The van der Waals surface area contributed by atoms with E-state index in [0.29, 0.717) is 0 Å². The second-order valence-corrected chi connectivity index (χ2v) is 14.3. The van der Waals surface area contributed by atoms with Crippen molar-refractivity contribution in [3.05, 3.63) is 0 Å². The molecule has 20 atom stereocenters. The van der Waals surface area contributed by atoms with Crippen LogP contribution in [0.15, 0.2) is 0 Å². The highest BCUT2D eigenvalue weighted by molar-refractivity contribution is 7.80. The second-order valence-electron chi connectivity index (χ2n) is 13.2. The topological polar surface area (TPSA) is 409 Å². The second kappa shape index (κ2) is 19.2. The van der Waals surface area contributed by atoms with Crippen LogP contribution >= 0.6 is 0 Å². The fourth-order valence-corrected chi connectivity index (χ4v) is 6.69. The van der Waals surface area contributed by atoms with E-state index in [9.17, 15) is 78.7 Å². The number of carbonyl (C=O) groups is 2. The minimum atomic E-state index is -5.19. The van der Waals surface area contributed by atoms with Gasteiger partial charge in [0.15, 0.2) is 25.2 Å². The number of hydrogen-bond donors (Lipinski definition) is 14.